The van der Waals surface area contributed by atoms with Gasteiger partial charge in [-0.3, -0.25) is 4.79 Å². The van der Waals surface area contributed by atoms with Crippen LogP contribution in [0.2, 0.25) is 0 Å². The van der Waals surface area contributed by atoms with E-state index in [-0.39, 0.29) is 29.7 Å². The van der Waals surface area contributed by atoms with Crippen LogP contribution in [0, 0.1) is 24.2 Å². The molecular weight excluding hydrogens is 403 g/mol. The Balaban J connectivity index is 2.16. The molecule has 1 unspecified atom stereocenters. The van der Waals surface area contributed by atoms with E-state index in [2.05, 4.69) is 6.07 Å². The van der Waals surface area contributed by atoms with E-state index >= 15 is 0 Å². The highest BCUT2D eigenvalue weighted by atomic mass is 19.4. The normalized spacial score (nSPS) is 16.7. The Morgan fingerprint density at radius 3 is 2.53 bits per heavy atom. The predicted octanol–water partition coefficient (Wildman–Crippen LogP) is 3.19. The Morgan fingerprint density at radius 1 is 1.27 bits per heavy atom. The molecule has 1 aliphatic rings. The van der Waals surface area contributed by atoms with Crippen LogP contribution in [0.15, 0.2) is 57.5 Å². The maximum atomic E-state index is 12.9. The second kappa shape index (κ2) is 7.94. The summed E-state index contributed by atoms with van der Waals surface area (Å²) in [6.07, 6.45) is -3.66. The second-order valence-electron chi connectivity index (χ2n) is 6.47. The molecule has 3 rings (SSSR count). The molecule has 2 aromatic rings. The topological polar surface area (TPSA) is 97.1 Å². The zero-order valence-electron chi connectivity index (χ0n) is 15.9. The van der Waals surface area contributed by atoms with Gasteiger partial charge in [0.25, 0.3) is 5.56 Å². The van der Waals surface area contributed by atoms with Crippen LogP contribution < -0.4 is 16.0 Å². The number of nitrogens with zero attached hydrogens (tertiary/aromatic N) is 2. The average Bonchev–Trinajstić information content (AvgIpc) is 2.68. The lowest BCUT2D eigenvalue weighted by Crippen LogP contribution is -2.37. The van der Waals surface area contributed by atoms with Gasteiger partial charge in [0.05, 0.1) is 18.9 Å². The van der Waals surface area contributed by atoms with Gasteiger partial charge in [0, 0.05) is 18.6 Å². The highest BCUT2D eigenvalue weighted by Gasteiger charge is 2.34. The molecular formula is C20H16F3N3O4. The smallest absolute Gasteiger partial charge is 0.431 e. The molecule has 0 radical (unpaired) electrons. The Hall–Kier alpha value is -3.74. The van der Waals surface area contributed by atoms with E-state index in [1.165, 1.54) is 13.2 Å². The summed E-state index contributed by atoms with van der Waals surface area (Å²) in [5.41, 5.74) is -3.27. The zero-order chi connectivity index (χ0) is 22.1. The van der Waals surface area contributed by atoms with E-state index < -0.39 is 29.0 Å². The number of hydrogen-bond donors (Lipinski definition) is 1. The summed E-state index contributed by atoms with van der Waals surface area (Å²) in [5, 5.41) is 9.50. The first-order valence-corrected chi connectivity index (χ1v) is 8.71. The molecule has 1 heterocycles. The van der Waals surface area contributed by atoms with Crippen molar-refractivity contribution < 1.29 is 22.6 Å². The van der Waals surface area contributed by atoms with Gasteiger partial charge in [-0.2, -0.15) is 18.4 Å². The van der Waals surface area contributed by atoms with Gasteiger partial charge in [-0.05, 0) is 18.6 Å². The number of H-pyrrole nitrogens is 1. The molecule has 0 aliphatic heterocycles. The number of hydrogen-bond acceptors (Lipinski definition) is 5. The first-order chi connectivity index (χ1) is 14.2. The number of alkyl halides is 3. The van der Waals surface area contributed by atoms with Gasteiger partial charge in [0.1, 0.15) is 28.9 Å². The van der Waals surface area contributed by atoms with Crippen molar-refractivity contribution in [1.29, 1.82) is 5.26 Å². The van der Waals surface area contributed by atoms with Crippen molar-refractivity contribution in [2.45, 2.75) is 19.5 Å². The fourth-order valence-electron chi connectivity index (χ4n) is 2.97. The van der Waals surface area contributed by atoms with Gasteiger partial charge in [-0.25, -0.2) is 9.36 Å². The summed E-state index contributed by atoms with van der Waals surface area (Å²) < 4.78 is 50.2. The predicted molar refractivity (Wildman–Crippen MR) is 100 cm³/mol. The number of rotatable bonds is 4. The molecule has 156 valence electrons. The summed E-state index contributed by atoms with van der Waals surface area (Å²) in [6, 6.07) is 9.35. The summed E-state index contributed by atoms with van der Waals surface area (Å²) in [4.78, 5) is 26.3. The van der Waals surface area contributed by atoms with Gasteiger partial charge in [-0.15, -0.1) is 0 Å². The van der Waals surface area contributed by atoms with Gasteiger partial charge in [0.2, 0.25) is 0 Å². The largest absolute Gasteiger partial charge is 0.499 e. The lowest BCUT2D eigenvalue weighted by atomic mass is 9.96. The lowest BCUT2D eigenvalue weighted by Gasteiger charge is -2.24. The number of aromatic amines is 1. The van der Waals surface area contributed by atoms with Gasteiger partial charge >= 0.3 is 11.9 Å². The third-order valence-electron chi connectivity index (χ3n) is 4.50. The molecule has 30 heavy (non-hydrogen) atoms. The van der Waals surface area contributed by atoms with E-state index in [0.717, 1.165) is 5.56 Å². The maximum Gasteiger partial charge on any atom is 0.431 e. The van der Waals surface area contributed by atoms with E-state index in [4.69, 9.17) is 9.47 Å². The minimum absolute atomic E-state index is 0.0348. The molecule has 0 spiro atoms. The van der Waals surface area contributed by atoms with E-state index in [1.807, 2.05) is 0 Å². The number of halogens is 3. The molecule has 1 aromatic carbocycles. The van der Waals surface area contributed by atoms with Crippen LogP contribution in [0.25, 0.3) is 5.70 Å². The standard InChI is InChI=1S/C20H16F3N3O4/c1-11-5-3-4-6-14(11)30-15-8-13(16(29-2)7-12(15)10-24)26-18(27)9-17(20(21,22)23)25-19(26)28/h3-6,8-9,12H,7H2,1-2H3,(H,25,28). The van der Waals surface area contributed by atoms with E-state index in [1.54, 1.807) is 36.2 Å². The third kappa shape index (κ3) is 4.00. The van der Waals surface area contributed by atoms with E-state index in [9.17, 15) is 28.0 Å². The van der Waals surface area contributed by atoms with Crippen LogP contribution >= 0.6 is 0 Å². The molecule has 1 N–H and O–H groups in total. The average molecular weight is 419 g/mol. The van der Waals surface area contributed by atoms with Crippen molar-refractivity contribution >= 4 is 5.70 Å². The van der Waals surface area contributed by atoms with Crippen molar-refractivity contribution in [3.63, 3.8) is 0 Å². The first-order valence-electron chi connectivity index (χ1n) is 8.71. The summed E-state index contributed by atoms with van der Waals surface area (Å²) >= 11 is 0. The van der Waals surface area contributed by atoms with Gasteiger partial charge in [0.15, 0.2) is 0 Å². The third-order valence-corrected chi connectivity index (χ3v) is 4.50. The maximum absolute atomic E-state index is 12.9. The molecule has 0 saturated carbocycles. The fourth-order valence-corrected chi connectivity index (χ4v) is 2.97. The number of methoxy groups -OCH3 is 1. The molecule has 7 nitrogen and oxygen atoms in total. The van der Waals surface area contributed by atoms with Crippen molar-refractivity contribution in [1.82, 2.24) is 9.55 Å². The minimum Gasteiger partial charge on any atom is -0.499 e. The zero-order valence-corrected chi connectivity index (χ0v) is 15.9. The molecule has 1 aliphatic carbocycles. The first kappa shape index (κ1) is 21.0. The Labute approximate surface area is 168 Å². The quantitative estimate of drug-likeness (QED) is 0.821. The van der Waals surface area contributed by atoms with Crippen LogP contribution in [0.5, 0.6) is 5.75 Å². The molecule has 1 atom stereocenters. The summed E-state index contributed by atoms with van der Waals surface area (Å²) in [5.74, 6) is -0.106. The SMILES string of the molecule is COC1=C(n2c(=O)cc(C(F)(F)F)[nH]c2=O)C=C(Oc2ccccc2C)C(C#N)C1. The highest BCUT2D eigenvalue weighted by molar-refractivity contribution is 5.63. The van der Waals surface area contributed by atoms with Crippen LogP contribution in [0.1, 0.15) is 17.7 Å². The molecule has 0 saturated heterocycles. The van der Waals surface area contributed by atoms with Crippen molar-refractivity contribution in [3.05, 3.63) is 80.0 Å². The number of nitriles is 1. The number of ether oxygens (including phenoxy) is 2. The fraction of sp³-hybridized carbons (Fsp3) is 0.250. The Morgan fingerprint density at radius 2 is 1.97 bits per heavy atom. The van der Waals surface area contributed by atoms with Gasteiger partial charge in [-0.1, -0.05) is 18.2 Å². The minimum atomic E-state index is -4.89. The number of aryl methyl sites for hydroxylation is 1. The molecule has 0 amide bonds. The molecule has 0 bridgehead atoms. The highest BCUT2D eigenvalue weighted by Crippen LogP contribution is 2.33. The van der Waals surface area contributed by atoms with E-state index in [0.29, 0.717) is 10.3 Å². The molecule has 10 heteroatoms. The Kier molecular flexibility index (Phi) is 5.56. The number of aromatic nitrogens is 2. The van der Waals surface area contributed by atoms with Crippen molar-refractivity contribution in [3.8, 4) is 11.8 Å². The monoisotopic (exact) mass is 419 g/mol. The van der Waals surface area contributed by atoms with Crippen LogP contribution in [0.3, 0.4) is 0 Å². The molecule has 1 aromatic heterocycles. The van der Waals surface area contributed by atoms with Crippen molar-refractivity contribution in [2.75, 3.05) is 7.11 Å². The molecule has 0 fully saturated rings. The van der Waals surface area contributed by atoms with Crippen LogP contribution in [-0.4, -0.2) is 16.7 Å². The van der Waals surface area contributed by atoms with Crippen LogP contribution in [-0.2, 0) is 10.9 Å². The second-order valence-corrected chi connectivity index (χ2v) is 6.47. The number of para-hydroxylation sites is 1. The number of benzene rings is 1. The van der Waals surface area contributed by atoms with Gasteiger partial charge < -0.3 is 14.5 Å². The van der Waals surface area contributed by atoms with Crippen LogP contribution in [0.4, 0.5) is 13.2 Å². The lowest BCUT2D eigenvalue weighted by molar-refractivity contribution is -0.141. The number of allylic oxidation sites excluding steroid dienone is 4. The summed E-state index contributed by atoms with van der Waals surface area (Å²) in [7, 11) is 1.27. The van der Waals surface area contributed by atoms with Crippen molar-refractivity contribution in [2.24, 2.45) is 5.92 Å². The summed E-state index contributed by atoms with van der Waals surface area (Å²) in [6.45, 7) is 1.79. The Bertz CT molecular complexity index is 1170. The number of nitrogens with one attached hydrogen (secondary N) is 1.